The summed E-state index contributed by atoms with van der Waals surface area (Å²) in [7, 11) is 0. The maximum Gasteiger partial charge on any atom is 0.331 e. The second-order valence-corrected chi connectivity index (χ2v) is 6.11. The van der Waals surface area contributed by atoms with E-state index < -0.39 is 35.7 Å². The van der Waals surface area contributed by atoms with Crippen LogP contribution < -0.4 is 0 Å². The third kappa shape index (κ3) is 5.78. The first-order valence-corrected chi connectivity index (χ1v) is 8.62. The van der Waals surface area contributed by atoms with Crippen LogP contribution in [0.2, 0.25) is 0 Å². The number of aliphatic hydroxyl groups is 3. The van der Waals surface area contributed by atoms with Gasteiger partial charge in [-0.2, -0.15) is 0 Å². The monoisotopic (exact) mass is 382 g/mol. The van der Waals surface area contributed by atoms with Gasteiger partial charge in [0.15, 0.2) is 17.3 Å². The molecule has 1 aliphatic carbocycles. The predicted octanol–water partition coefficient (Wildman–Crippen LogP) is 0.885. The van der Waals surface area contributed by atoms with Crippen molar-refractivity contribution in [2.45, 2.75) is 57.5 Å². The molecule has 0 bridgehead atoms. The summed E-state index contributed by atoms with van der Waals surface area (Å²) in [6.07, 6.45) is -2.40. The largest absolute Gasteiger partial charge is 0.504 e. The second-order valence-electron chi connectivity index (χ2n) is 6.11. The highest BCUT2D eigenvalue weighted by atomic mass is 16.6. The highest BCUT2D eigenvalue weighted by Crippen LogP contribution is 2.32. The van der Waals surface area contributed by atoms with Crippen molar-refractivity contribution in [1.82, 2.24) is 0 Å². The Morgan fingerprint density at radius 3 is 2.33 bits per heavy atom. The van der Waals surface area contributed by atoms with Crippen LogP contribution in [-0.4, -0.2) is 61.2 Å². The molecular weight excluding hydrogens is 356 g/mol. The number of hydrogen-bond donors (Lipinski definition) is 5. The lowest BCUT2D eigenvalue weighted by atomic mass is 9.77. The van der Waals surface area contributed by atoms with Crippen LogP contribution in [0.3, 0.4) is 0 Å². The summed E-state index contributed by atoms with van der Waals surface area (Å²) in [5, 5.41) is 48.5. The molecule has 5 N–H and O–H groups in total. The molecule has 1 aromatic rings. The van der Waals surface area contributed by atoms with Crippen molar-refractivity contribution in [3.05, 3.63) is 29.8 Å². The van der Waals surface area contributed by atoms with Gasteiger partial charge in [0.2, 0.25) is 0 Å². The van der Waals surface area contributed by atoms with E-state index in [1.54, 1.807) is 0 Å². The van der Waals surface area contributed by atoms with Gasteiger partial charge in [0.1, 0.15) is 17.8 Å². The van der Waals surface area contributed by atoms with Crippen LogP contribution in [0.4, 0.5) is 0 Å². The Bertz CT molecular complexity index is 699. The lowest BCUT2D eigenvalue weighted by molar-refractivity contribution is -0.185. The van der Waals surface area contributed by atoms with E-state index in [-0.39, 0.29) is 24.3 Å². The van der Waals surface area contributed by atoms with Gasteiger partial charge < -0.3 is 30.3 Å². The van der Waals surface area contributed by atoms with Crippen molar-refractivity contribution in [2.75, 3.05) is 0 Å². The molecule has 0 aliphatic heterocycles. The van der Waals surface area contributed by atoms with Crippen molar-refractivity contribution >= 4 is 17.8 Å². The molecule has 4 unspecified atom stereocenters. The Hall–Kier alpha value is -2.42. The fourth-order valence-corrected chi connectivity index (χ4v) is 2.65. The number of carbonyl (C=O) groups is 2. The van der Waals surface area contributed by atoms with Crippen LogP contribution in [0, 0.1) is 0 Å². The van der Waals surface area contributed by atoms with Crippen LogP contribution in [0.1, 0.15) is 39.2 Å². The third-order valence-corrected chi connectivity index (χ3v) is 4.20. The van der Waals surface area contributed by atoms with Gasteiger partial charge in [0, 0.05) is 18.9 Å². The molecule has 4 atom stereocenters. The molecular formula is C19H26O8. The number of aliphatic hydroxyl groups excluding tert-OH is 2. The molecule has 1 aromatic carbocycles. The summed E-state index contributed by atoms with van der Waals surface area (Å²) in [6.45, 7) is 5.15. The van der Waals surface area contributed by atoms with Crippen LogP contribution in [0.25, 0.3) is 6.08 Å². The molecule has 1 fully saturated rings. The molecule has 8 nitrogen and oxygen atoms in total. The van der Waals surface area contributed by atoms with Crippen LogP contribution >= 0.6 is 0 Å². The maximum absolute atomic E-state index is 11.9. The predicted molar refractivity (Wildman–Crippen MR) is 96.9 cm³/mol. The first-order chi connectivity index (χ1) is 12.6. The van der Waals surface area contributed by atoms with E-state index in [9.17, 15) is 35.1 Å². The van der Waals surface area contributed by atoms with E-state index in [0.29, 0.717) is 5.56 Å². The van der Waals surface area contributed by atoms with Gasteiger partial charge in [-0.25, -0.2) is 4.79 Å². The molecule has 0 saturated heterocycles. The summed E-state index contributed by atoms with van der Waals surface area (Å²) < 4.78 is 5.04. The molecule has 1 saturated carbocycles. The van der Waals surface area contributed by atoms with E-state index in [2.05, 4.69) is 0 Å². The Labute approximate surface area is 157 Å². The van der Waals surface area contributed by atoms with Gasteiger partial charge in [-0.15, -0.1) is 0 Å². The molecule has 0 aromatic heterocycles. The van der Waals surface area contributed by atoms with Gasteiger partial charge in [-0.05, 0) is 30.7 Å². The first-order valence-electron chi connectivity index (χ1n) is 8.62. The molecule has 2 rings (SSSR count). The zero-order chi connectivity index (χ0) is 20.8. The van der Waals surface area contributed by atoms with Crippen molar-refractivity contribution < 1.29 is 39.9 Å². The number of phenols is 2. The Morgan fingerprint density at radius 2 is 1.78 bits per heavy atom. The summed E-state index contributed by atoms with van der Waals surface area (Å²) in [5.41, 5.74) is -1.45. The van der Waals surface area contributed by atoms with Crippen molar-refractivity contribution in [1.29, 1.82) is 0 Å². The standard InChI is InChI=1S/C17H20O8.C2H6/c1-9(18)17(24)7-13(21)16(23)14(8-17)25-15(22)5-3-10-2-4-11(19)12(20)6-10;1-2/h2-6,13-14,16,19-21,23-24H,7-8H2,1H3;1-2H3/b5-3-;. The molecule has 27 heavy (non-hydrogen) atoms. The summed E-state index contributed by atoms with van der Waals surface area (Å²) >= 11 is 0. The molecule has 0 amide bonds. The molecule has 150 valence electrons. The number of phenolic OH excluding ortho intramolecular Hbond substituents is 2. The van der Waals surface area contributed by atoms with Gasteiger partial charge in [0.05, 0.1) is 6.10 Å². The minimum atomic E-state index is -1.87. The Morgan fingerprint density at radius 1 is 1.15 bits per heavy atom. The van der Waals surface area contributed by atoms with Crippen molar-refractivity contribution in [2.24, 2.45) is 0 Å². The number of Topliss-reactive ketones (excluding diaryl/α,β-unsaturated/α-hetero) is 1. The summed E-state index contributed by atoms with van der Waals surface area (Å²) in [4.78, 5) is 23.4. The van der Waals surface area contributed by atoms with Crippen LogP contribution in [-0.2, 0) is 14.3 Å². The van der Waals surface area contributed by atoms with Gasteiger partial charge >= 0.3 is 5.97 Å². The minimum absolute atomic E-state index is 0.303. The SMILES string of the molecule is CC.CC(=O)C1(O)CC(O)C(O)C(OC(=O)/C=C\c2ccc(O)c(O)c2)C1. The van der Waals surface area contributed by atoms with Crippen molar-refractivity contribution in [3.8, 4) is 11.5 Å². The van der Waals surface area contributed by atoms with E-state index in [4.69, 9.17) is 4.74 Å². The first kappa shape index (κ1) is 22.6. The number of benzene rings is 1. The normalized spacial score (nSPS) is 27.6. The fraction of sp³-hybridized carbons (Fsp3) is 0.474. The number of ketones is 1. The van der Waals surface area contributed by atoms with Crippen LogP contribution in [0.15, 0.2) is 24.3 Å². The van der Waals surface area contributed by atoms with E-state index in [0.717, 1.165) is 13.0 Å². The van der Waals surface area contributed by atoms with Crippen LogP contribution in [0.5, 0.6) is 11.5 Å². The zero-order valence-electron chi connectivity index (χ0n) is 15.5. The number of carbonyl (C=O) groups excluding carboxylic acids is 2. The number of aromatic hydroxyl groups is 2. The zero-order valence-corrected chi connectivity index (χ0v) is 15.5. The van der Waals surface area contributed by atoms with E-state index in [1.165, 1.54) is 24.3 Å². The second kappa shape index (κ2) is 9.50. The highest BCUT2D eigenvalue weighted by Gasteiger charge is 2.48. The molecule has 8 heteroatoms. The summed E-state index contributed by atoms with van der Waals surface area (Å²) in [6, 6.07) is 3.92. The Kier molecular flexibility index (Phi) is 7.96. The lowest BCUT2D eigenvalue weighted by Crippen LogP contribution is -2.56. The number of ether oxygens (including phenoxy) is 1. The quantitative estimate of drug-likeness (QED) is 0.293. The van der Waals surface area contributed by atoms with E-state index >= 15 is 0 Å². The smallest absolute Gasteiger partial charge is 0.331 e. The lowest BCUT2D eigenvalue weighted by Gasteiger charge is -2.40. The van der Waals surface area contributed by atoms with Gasteiger partial charge in [0.25, 0.3) is 0 Å². The van der Waals surface area contributed by atoms with Gasteiger partial charge in [-0.1, -0.05) is 19.9 Å². The Balaban J connectivity index is 0.00000176. The maximum atomic E-state index is 11.9. The summed E-state index contributed by atoms with van der Waals surface area (Å²) in [5.74, 6) is -2.11. The molecule has 0 spiro atoms. The number of rotatable bonds is 4. The minimum Gasteiger partial charge on any atom is -0.504 e. The molecule has 0 heterocycles. The van der Waals surface area contributed by atoms with Gasteiger partial charge in [-0.3, -0.25) is 4.79 Å². The number of hydrogen-bond acceptors (Lipinski definition) is 8. The number of esters is 1. The van der Waals surface area contributed by atoms with E-state index in [1.807, 2.05) is 13.8 Å². The average molecular weight is 382 g/mol. The molecule has 1 aliphatic rings. The van der Waals surface area contributed by atoms with Crippen molar-refractivity contribution in [3.63, 3.8) is 0 Å². The topological polar surface area (TPSA) is 145 Å². The third-order valence-electron chi connectivity index (χ3n) is 4.20. The highest BCUT2D eigenvalue weighted by molar-refractivity contribution is 5.88. The molecule has 0 radical (unpaired) electrons. The fourth-order valence-electron chi connectivity index (χ4n) is 2.65. The average Bonchev–Trinajstić information content (AvgIpc) is 2.62.